The van der Waals surface area contributed by atoms with Gasteiger partial charge in [-0.1, -0.05) is 18.2 Å². The molecule has 0 bridgehead atoms. The summed E-state index contributed by atoms with van der Waals surface area (Å²) in [6.45, 7) is 5.26. The fourth-order valence-electron chi connectivity index (χ4n) is 1.47. The Labute approximate surface area is 118 Å². The van der Waals surface area contributed by atoms with Crippen molar-refractivity contribution in [2.24, 2.45) is 0 Å². The van der Waals surface area contributed by atoms with Gasteiger partial charge in [0, 0.05) is 11.6 Å². The lowest BCUT2D eigenvalue weighted by molar-refractivity contribution is -0.145. The van der Waals surface area contributed by atoms with Gasteiger partial charge in [0.05, 0.1) is 6.61 Å². The predicted molar refractivity (Wildman–Crippen MR) is 76.5 cm³/mol. The van der Waals surface area contributed by atoms with E-state index in [1.807, 2.05) is 31.2 Å². The highest BCUT2D eigenvalue weighted by molar-refractivity contribution is 5.95. The molecule has 20 heavy (non-hydrogen) atoms. The van der Waals surface area contributed by atoms with Crippen LogP contribution in [0.3, 0.4) is 0 Å². The van der Waals surface area contributed by atoms with E-state index in [1.54, 1.807) is 6.08 Å². The zero-order valence-corrected chi connectivity index (χ0v) is 11.8. The third kappa shape index (κ3) is 4.42. The first-order chi connectivity index (χ1) is 9.36. The molecule has 0 radical (unpaired) electrons. The van der Waals surface area contributed by atoms with Gasteiger partial charge in [-0.2, -0.15) is 0 Å². The Bertz CT molecular complexity index is 520. The molecular formula is C15H19NO4. The summed E-state index contributed by atoms with van der Waals surface area (Å²) in [5, 5.41) is 11.3. The van der Waals surface area contributed by atoms with Crippen LogP contribution in [0, 0.1) is 0 Å². The van der Waals surface area contributed by atoms with E-state index in [0.717, 1.165) is 5.56 Å². The molecule has 1 aromatic carbocycles. The molecule has 0 saturated carbocycles. The van der Waals surface area contributed by atoms with Gasteiger partial charge in [0.2, 0.25) is 5.91 Å². The highest BCUT2D eigenvalue weighted by atomic mass is 16.5. The van der Waals surface area contributed by atoms with Crippen LogP contribution in [0.4, 0.5) is 0 Å². The molecule has 0 aliphatic carbocycles. The van der Waals surface area contributed by atoms with E-state index >= 15 is 0 Å². The second-order valence-electron chi connectivity index (χ2n) is 4.72. The number of nitrogens with one attached hydrogen (secondary N) is 1. The van der Waals surface area contributed by atoms with Crippen molar-refractivity contribution >= 4 is 18.0 Å². The Morgan fingerprint density at radius 2 is 2.00 bits per heavy atom. The number of para-hydroxylation sites is 1. The predicted octanol–water partition coefficient (Wildman–Crippen LogP) is 2.08. The molecule has 0 aromatic heterocycles. The average Bonchev–Trinajstić information content (AvgIpc) is 2.37. The Balaban J connectivity index is 2.78. The maximum atomic E-state index is 11.7. The Morgan fingerprint density at radius 3 is 2.60 bits per heavy atom. The van der Waals surface area contributed by atoms with Crippen molar-refractivity contribution in [3.05, 3.63) is 35.9 Å². The number of carboxylic acids is 1. The molecule has 5 heteroatoms. The molecular weight excluding hydrogens is 258 g/mol. The number of carbonyl (C=O) groups is 2. The van der Waals surface area contributed by atoms with Crippen LogP contribution in [0.25, 0.3) is 6.08 Å². The van der Waals surface area contributed by atoms with Gasteiger partial charge in [-0.15, -0.1) is 0 Å². The standard InChI is InChI=1S/C15H19NO4/c1-4-20-12-8-6-5-7-11(12)9-10-13(17)16-15(2,3)14(18)19/h5-10H,4H2,1-3H3,(H,16,17)(H,18,19). The number of aliphatic carboxylic acids is 1. The Kier molecular flexibility index (Phi) is 5.32. The molecule has 0 aliphatic heterocycles. The number of hydrogen-bond donors (Lipinski definition) is 2. The van der Waals surface area contributed by atoms with Crippen molar-refractivity contribution < 1.29 is 19.4 Å². The summed E-state index contributed by atoms with van der Waals surface area (Å²) in [5.41, 5.74) is -0.543. The van der Waals surface area contributed by atoms with Crippen LogP contribution >= 0.6 is 0 Å². The van der Waals surface area contributed by atoms with Crippen LogP contribution in [0.5, 0.6) is 5.75 Å². The van der Waals surface area contributed by atoms with Gasteiger partial charge in [-0.25, -0.2) is 4.79 Å². The molecule has 2 N–H and O–H groups in total. The van der Waals surface area contributed by atoms with Gasteiger partial charge in [0.1, 0.15) is 11.3 Å². The fourth-order valence-corrected chi connectivity index (χ4v) is 1.47. The van der Waals surface area contributed by atoms with Gasteiger partial charge < -0.3 is 15.2 Å². The summed E-state index contributed by atoms with van der Waals surface area (Å²) in [4.78, 5) is 22.6. The maximum absolute atomic E-state index is 11.7. The smallest absolute Gasteiger partial charge is 0.328 e. The minimum atomic E-state index is -1.30. The zero-order chi connectivity index (χ0) is 15.2. The van der Waals surface area contributed by atoms with Gasteiger partial charge in [-0.05, 0) is 32.9 Å². The van der Waals surface area contributed by atoms with E-state index in [4.69, 9.17) is 9.84 Å². The summed E-state index contributed by atoms with van der Waals surface area (Å²) in [6, 6.07) is 7.30. The van der Waals surface area contributed by atoms with E-state index < -0.39 is 17.4 Å². The minimum absolute atomic E-state index is 0.469. The number of carbonyl (C=O) groups excluding carboxylic acids is 1. The van der Waals surface area contributed by atoms with E-state index in [1.165, 1.54) is 19.9 Å². The van der Waals surface area contributed by atoms with Crippen molar-refractivity contribution in [3.8, 4) is 5.75 Å². The van der Waals surface area contributed by atoms with Crippen molar-refractivity contribution in [3.63, 3.8) is 0 Å². The molecule has 0 atom stereocenters. The van der Waals surface area contributed by atoms with E-state index in [9.17, 15) is 9.59 Å². The molecule has 0 saturated heterocycles. The van der Waals surface area contributed by atoms with Crippen molar-refractivity contribution in [1.29, 1.82) is 0 Å². The number of rotatable bonds is 6. The third-order valence-electron chi connectivity index (χ3n) is 2.60. The van der Waals surface area contributed by atoms with Crippen LogP contribution in [0.1, 0.15) is 26.3 Å². The second kappa shape index (κ2) is 6.75. The van der Waals surface area contributed by atoms with Crippen LogP contribution in [0.2, 0.25) is 0 Å². The number of ether oxygens (including phenoxy) is 1. The minimum Gasteiger partial charge on any atom is -0.493 e. The first kappa shape index (κ1) is 15.8. The first-order valence-electron chi connectivity index (χ1n) is 6.32. The van der Waals surface area contributed by atoms with Crippen LogP contribution in [0.15, 0.2) is 30.3 Å². The average molecular weight is 277 g/mol. The molecule has 0 fully saturated rings. The van der Waals surface area contributed by atoms with Crippen molar-refractivity contribution in [2.45, 2.75) is 26.3 Å². The van der Waals surface area contributed by atoms with E-state index in [2.05, 4.69) is 5.32 Å². The number of benzene rings is 1. The number of carboxylic acid groups (broad SMARTS) is 1. The molecule has 1 aromatic rings. The fraction of sp³-hybridized carbons (Fsp3) is 0.333. The summed E-state index contributed by atoms with van der Waals surface area (Å²) >= 11 is 0. The highest BCUT2D eigenvalue weighted by Crippen LogP contribution is 2.19. The van der Waals surface area contributed by atoms with Crippen molar-refractivity contribution in [1.82, 2.24) is 5.32 Å². The molecule has 1 rings (SSSR count). The maximum Gasteiger partial charge on any atom is 0.328 e. The van der Waals surface area contributed by atoms with Crippen LogP contribution < -0.4 is 10.1 Å². The third-order valence-corrected chi connectivity index (χ3v) is 2.60. The zero-order valence-electron chi connectivity index (χ0n) is 11.8. The largest absolute Gasteiger partial charge is 0.493 e. The Morgan fingerprint density at radius 1 is 1.35 bits per heavy atom. The monoisotopic (exact) mass is 277 g/mol. The molecule has 108 valence electrons. The van der Waals surface area contributed by atoms with Gasteiger partial charge >= 0.3 is 5.97 Å². The lowest BCUT2D eigenvalue weighted by atomic mass is 10.1. The molecule has 0 unspecified atom stereocenters. The SMILES string of the molecule is CCOc1ccccc1C=CC(=O)NC(C)(C)C(=O)O. The highest BCUT2D eigenvalue weighted by Gasteiger charge is 2.27. The topological polar surface area (TPSA) is 75.6 Å². The number of hydrogen-bond acceptors (Lipinski definition) is 3. The normalized spacial score (nSPS) is 11.3. The summed E-state index contributed by atoms with van der Waals surface area (Å²) in [5.74, 6) is -0.880. The molecule has 0 aliphatic rings. The Hall–Kier alpha value is -2.30. The lowest BCUT2D eigenvalue weighted by Crippen LogP contribution is -2.49. The van der Waals surface area contributed by atoms with Crippen LogP contribution in [-0.4, -0.2) is 29.1 Å². The molecule has 0 spiro atoms. The summed E-state index contributed by atoms with van der Waals surface area (Å²) in [6.07, 6.45) is 2.89. The van der Waals surface area contributed by atoms with E-state index in [-0.39, 0.29) is 0 Å². The van der Waals surface area contributed by atoms with Crippen molar-refractivity contribution in [2.75, 3.05) is 6.61 Å². The summed E-state index contributed by atoms with van der Waals surface area (Å²) < 4.78 is 5.43. The molecule has 0 heterocycles. The number of amides is 1. The van der Waals surface area contributed by atoms with Gasteiger partial charge in [0.15, 0.2) is 0 Å². The lowest BCUT2D eigenvalue weighted by Gasteiger charge is -2.19. The summed E-state index contributed by atoms with van der Waals surface area (Å²) in [7, 11) is 0. The molecule has 5 nitrogen and oxygen atoms in total. The second-order valence-corrected chi connectivity index (χ2v) is 4.72. The van der Waals surface area contributed by atoms with Crippen LogP contribution in [-0.2, 0) is 9.59 Å². The van der Waals surface area contributed by atoms with Gasteiger partial charge in [0.25, 0.3) is 0 Å². The van der Waals surface area contributed by atoms with Gasteiger partial charge in [-0.3, -0.25) is 4.79 Å². The first-order valence-corrected chi connectivity index (χ1v) is 6.32. The van der Waals surface area contributed by atoms with E-state index in [0.29, 0.717) is 12.4 Å². The molecule has 1 amide bonds. The quantitative estimate of drug-likeness (QED) is 0.781.